The first-order valence-electron chi connectivity index (χ1n) is 6.78. The average Bonchev–Trinajstić information content (AvgIpc) is 2.88. The van der Waals surface area contributed by atoms with Crippen LogP contribution in [0.1, 0.15) is 17.5 Å². The van der Waals surface area contributed by atoms with Crippen molar-refractivity contribution in [2.45, 2.75) is 37.4 Å². The van der Waals surface area contributed by atoms with Gasteiger partial charge in [-0.1, -0.05) is 6.07 Å². The lowest BCUT2D eigenvalue weighted by Gasteiger charge is -2.39. The van der Waals surface area contributed by atoms with Gasteiger partial charge >= 0.3 is 0 Å². The lowest BCUT2D eigenvalue weighted by atomic mass is 9.95. The smallest absolute Gasteiger partial charge is 0.144 e. The fraction of sp³-hybridized carbons (Fsp3) is 0.500. The summed E-state index contributed by atoms with van der Waals surface area (Å²) in [5.41, 5.74) is 2.57. The van der Waals surface area contributed by atoms with Crippen LogP contribution in [0.2, 0.25) is 0 Å². The molecule has 7 heteroatoms. The first-order chi connectivity index (χ1) is 10.0. The van der Waals surface area contributed by atoms with Crippen molar-refractivity contribution in [1.29, 1.82) is 0 Å². The zero-order valence-electron chi connectivity index (χ0n) is 11.5. The van der Waals surface area contributed by atoms with E-state index < -0.39 is 37.1 Å². The van der Waals surface area contributed by atoms with Crippen molar-refractivity contribution in [3.05, 3.63) is 29.6 Å². The molecular weight excluding hydrogens is 276 g/mol. The highest BCUT2D eigenvalue weighted by atomic mass is 16.5. The van der Waals surface area contributed by atoms with Crippen molar-refractivity contribution in [1.82, 2.24) is 9.97 Å². The number of nitrogens with zero attached hydrogens (tertiary/aromatic N) is 1. The van der Waals surface area contributed by atoms with Gasteiger partial charge in [0.2, 0.25) is 0 Å². The quantitative estimate of drug-likeness (QED) is 0.504. The summed E-state index contributed by atoms with van der Waals surface area (Å²) in [6, 6.07) is 5.67. The molecule has 2 aromatic rings. The minimum Gasteiger partial charge on any atom is -0.394 e. The van der Waals surface area contributed by atoms with E-state index in [-0.39, 0.29) is 0 Å². The van der Waals surface area contributed by atoms with Crippen molar-refractivity contribution >= 4 is 11.0 Å². The average molecular weight is 294 g/mol. The number of H-pyrrole nitrogens is 1. The van der Waals surface area contributed by atoms with Gasteiger partial charge in [0.05, 0.1) is 17.6 Å². The Morgan fingerprint density at radius 1 is 1.19 bits per heavy atom. The fourth-order valence-electron chi connectivity index (χ4n) is 2.61. The predicted octanol–water partition coefficient (Wildman–Crippen LogP) is -0.614. The number of rotatable bonds is 2. The summed E-state index contributed by atoms with van der Waals surface area (Å²) in [7, 11) is 0. The number of aryl methyl sites for hydroxylation is 1. The number of aliphatic hydroxyl groups excluding tert-OH is 4. The van der Waals surface area contributed by atoms with Crippen LogP contribution >= 0.6 is 0 Å². The van der Waals surface area contributed by atoms with Crippen LogP contribution in [0.4, 0.5) is 0 Å². The molecule has 7 nitrogen and oxygen atoms in total. The van der Waals surface area contributed by atoms with E-state index in [1.54, 1.807) is 0 Å². The molecule has 0 amide bonds. The number of nitrogens with one attached hydrogen (secondary N) is 1. The van der Waals surface area contributed by atoms with Gasteiger partial charge in [-0.15, -0.1) is 0 Å². The highest BCUT2D eigenvalue weighted by Gasteiger charge is 2.45. The Kier molecular flexibility index (Phi) is 3.68. The molecule has 3 rings (SSSR count). The number of aromatic amines is 1. The molecule has 5 unspecified atom stereocenters. The SMILES string of the molecule is Cc1ccc2nc(C3OC(CO)C(O)C(O)C3O)[nH]c2c1. The second kappa shape index (κ2) is 5.36. The summed E-state index contributed by atoms with van der Waals surface area (Å²) in [5.74, 6) is 0.354. The zero-order chi connectivity index (χ0) is 15.1. The molecule has 1 fully saturated rings. The summed E-state index contributed by atoms with van der Waals surface area (Å²) >= 11 is 0. The minimum atomic E-state index is -1.41. The number of imidazole rings is 1. The highest BCUT2D eigenvalue weighted by Crippen LogP contribution is 2.31. The van der Waals surface area contributed by atoms with E-state index in [2.05, 4.69) is 9.97 Å². The van der Waals surface area contributed by atoms with Crippen molar-refractivity contribution in [3.8, 4) is 0 Å². The fourth-order valence-corrected chi connectivity index (χ4v) is 2.61. The molecule has 0 bridgehead atoms. The van der Waals surface area contributed by atoms with Gasteiger partial charge in [0.15, 0.2) is 0 Å². The molecule has 21 heavy (non-hydrogen) atoms. The maximum atomic E-state index is 10.1. The molecule has 0 spiro atoms. The number of aromatic nitrogens is 2. The number of aliphatic hydroxyl groups is 4. The van der Waals surface area contributed by atoms with Gasteiger partial charge in [0.25, 0.3) is 0 Å². The van der Waals surface area contributed by atoms with Crippen LogP contribution in [0.25, 0.3) is 11.0 Å². The molecule has 1 aromatic carbocycles. The maximum absolute atomic E-state index is 10.1. The third-order valence-electron chi connectivity index (χ3n) is 3.82. The van der Waals surface area contributed by atoms with E-state index in [1.165, 1.54) is 0 Å². The third kappa shape index (κ3) is 2.43. The zero-order valence-corrected chi connectivity index (χ0v) is 11.5. The first kappa shape index (κ1) is 14.4. The molecule has 1 aromatic heterocycles. The molecule has 0 aliphatic carbocycles. The molecule has 1 aliphatic rings. The number of fused-ring (bicyclic) bond motifs is 1. The molecule has 5 atom stereocenters. The Morgan fingerprint density at radius 3 is 2.67 bits per heavy atom. The van der Waals surface area contributed by atoms with Gasteiger partial charge in [0.1, 0.15) is 36.3 Å². The van der Waals surface area contributed by atoms with Crippen LogP contribution in [-0.4, -0.2) is 61.4 Å². The molecule has 0 radical (unpaired) electrons. The van der Waals surface area contributed by atoms with Gasteiger partial charge in [-0.3, -0.25) is 0 Å². The third-order valence-corrected chi connectivity index (χ3v) is 3.82. The van der Waals surface area contributed by atoms with E-state index in [0.29, 0.717) is 11.3 Å². The Balaban J connectivity index is 1.96. The van der Waals surface area contributed by atoms with Crippen molar-refractivity contribution in [2.24, 2.45) is 0 Å². The Bertz CT molecular complexity index is 641. The second-order valence-electron chi connectivity index (χ2n) is 5.39. The molecule has 1 aliphatic heterocycles. The van der Waals surface area contributed by atoms with Crippen LogP contribution in [0.15, 0.2) is 18.2 Å². The van der Waals surface area contributed by atoms with Crippen LogP contribution in [0.5, 0.6) is 0 Å². The van der Waals surface area contributed by atoms with Crippen molar-refractivity contribution in [3.63, 3.8) is 0 Å². The lowest BCUT2D eigenvalue weighted by Crippen LogP contribution is -2.55. The number of hydrogen-bond donors (Lipinski definition) is 5. The topological polar surface area (TPSA) is 119 Å². The van der Waals surface area contributed by atoms with E-state index in [4.69, 9.17) is 4.74 Å². The Labute approximate surface area is 120 Å². The van der Waals surface area contributed by atoms with Gasteiger partial charge in [-0.25, -0.2) is 4.98 Å². The van der Waals surface area contributed by atoms with Gasteiger partial charge in [0, 0.05) is 0 Å². The van der Waals surface area contributed by atoms with Gasteiger partial charge in [-0.2, -0.15) is 0 Å². The van der Waals surface area contributed by atoms with Crippen LogP contribution in [0.3, 0.4) is 0 Å². The molecule has 5 N–H and O–H groups in total. The summed E-state index contributed by atoms with van der Waals surface area (Å²) < 4.78 is 5.47. The summed E-state index contributed by atoms with van der Waals surface area (Å²) in [6.45, 7) is 1.49. The standard InChI is InChI=1S/C14H18N2O5/c1-6-2-3-7-8(4-6)16-14(15-7)13-12(20)11(19)10(18)9(5-17)21-13/h2-4,9-13,17-20H,5H2,1H3,(H,15,16). The van der Waals surface area contributed by atoms with E-state index in [0.717, 1.165) is 11.1 Å². The largest absolute Gasteiger partial charge is 0.394 e. The predicted molar refractivity (Wildman–Crippen MR) is 73.6 cm³/mol. The van der Waals surface area contributed by atoms with Crippen LogP contribution in [-0.2, 0) is 4.74 Å². The Hall–Kier alpha value is -1.51. The molecule has 1 saturated heterocycles. The van der Waals surface area contributed by atoms with Crippen molar-refractivity contribution < 1.29 is 25.2 Å². The van der Waals surface area contributed by atoms with Crippen molar-refractivity contribution in [2.75, 3.05) is 6.61 Å². The number of benzene rings is 1. The van der Waals surface area contributed by atoms with Crippen LogP contribution < -0.4 is 0 Å². The monoisotopic (exact) mass is 294 g/mol. The van der Waals surface area contributed by atoms with E-state index >= 15 is 0 Å². The molecular formula is C14H18N2O5. The summed E-state index contributed by atoms with van der Waals surface area (Å²) in [6.07, 6.45) is -5.98. The van der Waals surface area contributed by atoms with Crippen LogP contribution in [0, 0.1) is 6.92 Å². The molecule has 2 heterocycles. The van der Waals surface area contributed by atoms with E-state index in [1.807, 2.05) is 25.1 Å². The second-order valence-corrected chi connectivity index (χ2v) is 5.39. The summed E-state index contributed by atoms with van der Waals surface area (Å²) in [4.78, 5) is 7.39. The highest BCUT2D eigenvalue weighted by molar-refractivity contribution is 5.75. The van der Waals surface area contributed by atoms with Gasteiger partial charge in [-0.05, 0) is 24.6 Å². The Morgan fingerprint density at radius 2 is 1.95 bits per heavy atom. The maximum Gasteiger partial charge on any atom is 0.144 e. The van der Waals surface area contributed by atoms with E-state index in [9.17, 15) is 20.4 Å². The minimum absolute atomic E-state index is 0.354. The first-order valence-corrected chi connectivity index (χ1v) is 6.78. The normalized spacial score (nSPS) is 33.5. The number of ether oxygens (including phenoxy) is 1. The molecule has 114 valence electrons. The molecule has 0 saturated carbocycles. The number of hydrogen-bond acceptors (Lipinski definition) is 6. The van der Waals surface area contributed by atoms with Gasteiger partial charge < -0.3 is 30.1 Å². The summed E-state index contributed by atoms with van der Waals surface area (Å²) in [5, 5.41) is 38.9. The lowest BCUT2D eigenvalue weighted by molar-refractivity contribution is -0.233.